The van der Waals surface area contributed by atoms with Gasteiger partial charge in [-0.05, 0) is 31.9 Å². The van der Waals surface area contributed by atoms with Crippen molar-refractivity contribution in [3.05, 3.63) is 41.3 Å². The Bertz CT molecular complexity index is 580. The summed E-state index contributed by atoms with van der Waals surface area (Å²) in [6.07, 6.45) is 0.501. The molecule has 0 aliphatic heterocycles. The summed E-state index contributed by atoms with van der Waals surface area (Å²) in [6, 6.07) is 8.15. The van der Waals surface area contributed by atoms with Crippen LogP contribution < -0.4 is 5.32 Å². The van der Waals surface area contributed by atoms with Crippen molar-refractivity contribution in [1.82, 2.24) is 10.5 Å². The first kappa shape index (κ1) is 14.3. The molecule has 0 radical (unpaired) electrons. The van der Waals surface area contributed by atoms with Crippen LogP contribution in [0, 0.1) is 13.8 Å². The van der Waals surface area contributed by atoms with E-state index in [9.17, 15) is 4.79 Å². The van der Waals surface area contributed by atoms with Crippen molar-refractivity contribution in [1.29, 1.82) is 0 Å². The lowest BCUT2D eigenvalue weighted by Crippen LogP contribution is -2.25. The first-order valence-corrected chi connectivity index (χ1v) is 6.85. The number of nitrogens with one attached hydrogen (secondary N) is 1. The minimum atomic E-state index is 0.0150. The molecule has 1 N–H and O–H groups in total. The van der Waals surface area contributed by atoms with Crippen LogP contribution in [0.5, 0.6) is 0 Å². The Balaban J connectivity index is 2.20. The molecule has 0 saturated heterocycles. The first-order chi connectivity index (χ1) is 9.52. The maximum Gasteiger partial charge on any atom is 0.220 e. The molecule has 2 rings (SSSR count). The van der Waals surface area contributed by atoms with Crippen LogP contribution in [0.25, 0.3) is 11.1 Å². The van der Waals surface area contributed by atoms with Crippen molar-refractivity contribution in [3.63, 3.8) is 0 Å². The highest BCUT2D eigenvalue weighted by molar-refractivity contribution is 5.76. The second-order valence-electron chi connectivity index (χ2n) is 4.96. The van der Waals surface area contributed by atoms with Gasteiger partial charge >= 0.3 is 0 Å². The van der Waals surface area contributed by atoms with E-state index in [-0.39, 0.29) is 11.9 Å². The molecule has 0 saturated carbocycles. The van der Waals surface area contributed by atoms with Crippen molar-refractivity contribution in [3.8, 4) is 11.1 Å². The number of amides is 1. The predicted molar refractivity (Wildman–Crippen MR) is 78.3 cm³/mol. The average molecular weight is 272 g/mol. The number of aryl methyl sites for hydroxylation is 2. The molecule has 0 bridgehead atoms. The van der Waals surface area contributed by atoms with Crippen LogP contribution in [-0.2, 0) is 4.79 Å². The fourth-order valence-electron chi connectivity index (χ4n) is 2.26. The van der Waals surface area contributed by atoms with Crippen LogP contribution in [0.15, 0.2) is 28.8 Å². The van der Waals surface area contributed by atoms with Gasteiger partial charge in [0.2, 0.25) is 5.91 Å². The average Bonchev–Trinajstić information content (AvgIpc) is 2.78. The van der Waals surface area contributed by atoms with Crippen molar-refractivity contribution >= 4 is 5.91 Å². The van der Waals surface area contributed by atoms with Gasteiger partial charge in [0.25, 0.3) is 0 Å². The smallest absolute Gasteiger partial charge is 0.220 e. The third kappa shape index (κ3) is 2.90. The SMILES string of the molecule is CCC(=O)NC(C)c1ccc(-c2c(C)noc2C)cc1. The van der Waals surface area contributed by atoms with Gasteiger partial charge in [-0.2, -0.15) is 0 Å². The highest BCUT2D eigenvalue weighted by atomic mass is 16.5. The van der Waals surface area contributed by atoms with E-state index in [0.29, 0.717) is 6.42 Å². The van der Waals surface area contributed by atoms with Gasteiger partial charge in [-0.1, -0.05) is 36.3 Å². The number of aromatic nitrogens is 1. The summed E-state index contributed by atoms with van der Waals surface area (Å²) < 4.78 is 5.19. The quantitative estimate of drug-likeness (QED) is 0.926. The monoisotopic (exact) mass is 272 g/mol. The zero-order valence-corrected chi connectivity index (χ0v) is 12.4. The minimum absolute atomic E-state index is 0.0150. The van der Waals surface area contributed by atoms with E-state index in [2.05, 4.69) is 10.5 Å². The van der Waals surface area contributed by atoms with Gasteiger partial charge in [-0.3, -0.25) is 4.79 Å². The zero-order valence-electron chi connectivity index (χ0n) is 12.4. The molecule has 4 nitrogen and oxygen atoms in total. The molecule has 2 aromatic rings. The van der Waals surface area contributed by atoms with Crippen molar-refractivity contribution in [2.24, 2.45) is 0 Å². The molecule has 0 spiro atoms. The Hall–Kier alpha value is -2.10. The highest BCUT2D eigenvalue weighted by Crippen LogP contribution is 2.27. The van der Waals surface area contributed by atoms with Crippen LogP contribution in [0.3, 0.4) is 0 Å². The predicted octanol–water partition coefficient (Wildman–Crippen LogP) is 3.55. The second-order valence-corrected chi connectivity index (χ2v) is 4.96. The van der Waals surface area contributed by atoms with Gasteiger partial charge in [-0.25, -0.2) is 0 Å². The number of nitrogens with zero attached hydrogens (tertiary/aromatic N) is 1. The zero-order chi connectivity index (χ0) is 14.7. The molecule has 0 aliphatic rings. The normalized spacial score (nSPS) is 12.2. The molecule has 0 aliphatic carbocycles. The number of carbonyl (C=O) groups is 1. The van der Waals surface area contributed by atoms with Crippen LogP contribution in [0.2, 0.25) is 0 Å². The second kappa shape index (κ2) is 5.90. The van der Waals surface area contributed by atoms with Crippen molar-refractivity contribution in [2.75, 3.05) is 0 Å². The van der Waals surface area contributed by atoms with Gasteiger partial charge in [0, 0.05) is 12.0 Å². The summed E-state index contributed by atoms with van der Waals surface area (Å²) in [5.74, 6) is 0.884. The van der Waals surface area contributed by atoms with Gasteiger partial charge in [-0.15, -0.1) is 0 Å². The van der Waals surface area contributed by atoms with E-state index in [1.807, 2.05) is 52.0 Å². The standard InChI is InChI=1S/C16H20N2O2/c1-5-15(19)17-10(2)13-6-8-14(9-7-13)16-11(3)18-20-12(16)4/h6-10H,5H2,1-4H3,(H,17,19). The van der Waals surface area contributed by atoms with E-state index in [4.69, 9.17) is 4.52 Å². The van der Waals surface area contributed by atoms with Crippen LogP contribution in [-0.4, -0.2) is 11.1 Å². The van der Waals surface area contributed by atoms with E-state index < -0.39 is 0 Å². The molecule has 1 aromatic heterocycles. The Morgan fingerprint density at radius 1 is 1.30 bits per heavy atom. The lowest BCUT2D eigenvalue weighted by atomic mass is 10.0. The first-order valence-electron chi connectivity index (χ1n) is 6.85. The van der Waals surface area contributed by atoms with E-state index >= 15 is 0 Å². The summed E-state index contributed by atoms with van der Waals surface area (Å²) in [4.78, 5) is 11.4. The van der Waals surface area contributed by atoms with E-state index in [1.165, 1.54) is 0 Å². The van der Waals surface area contributed by atoms with Crippen molar-refractivity contribution < 1.29 is 9.32 Å². The fraction of sp³-hybridized carbons (Fsp3) is 0.375. The molecule has 1 atom stereocenters. The summed E-state index contributed by atoms with van der Waals surface area (Å²) in [5, 5.41) is 6.92. The molecular weight excluding hydrogens is 252 g/mol. The molecule has 1 heterocycles. The maximum absolute atomic E-state index is 11.4. The Morgan fingerprint density at radius 2 is 1.95 bits per heavy atom. The van der Waals surface area contributed by atoms with Gasteiger partial charge in [0.1, 0.15) is 5.76 Å². The topological polar surface area (TPSA) is 55.1 Å². The molecule has 0 fully saturated rings. The maximum atomic E-state index is 11.4. The summed E-state index contributed by atoms with van der Waals surface area (Å²) in [6.45, 7) is 7.68. The summed E-state index contributed by atoms with van der Waals surface area (Å²) in [7, 11) is 0. The summed E-state index contributed by atoms with van der Waals surface area (Å²) >= 11 is 0. The van der Waals surface area contributed by atoms with Gasteiger partial charge in [0.05, 0.1) is 11.7 Å². The van der Waals surface area contributed by atoms with Gasteiger partial charge in [0.15, 0.2) is 0 Å². The lowest BCUT2D eigenvalue weighted by molar-refractivity contribution is -0.121. The number of carbonyl (C=O) groups excluding carboxylic acids is 1. The third-order valence-electron chi connectivity index (χ3n) is 3.43. The Kier molecular flexibility index (Phi) is 4.23. The van der Waals surface area contributed by atoms with Crippen LogP contribution in [0.1, 0.15) is 43.3 Å². The molecule has 106 valence electrons. The number of benzene rings is 1. The lowest BCUT2D eigenvalue weighted by Gasteiger charge is -2.14. The van der Waals surface area contributed by atoms with E-state index in [0.717, 1.165) is 28.1 Å². The summed E-state index contributed by atoms with van der Waals surface area (Å²) in [5.41, 5.74) is 4.10. The van der Waals surface area contributed by atoms with Crippen LogP contribution >= 0.6 is 0 Å². The molecule has 20 heavy (non-hydrogen) atoms. The van der Waals surface area contributed by atoms with E-state index in [1.54, 1.807) is 0 Å². The minimum Gasteiger partial charge on any atom is -0.361 e. The largest absolute Gasteiger partial charge is 0.361 e. The molecule has 1 amide bonds. The van der Waals surface area contributed by atoms with Crippen LogP contribution in [0.4, 0.5) is 0 Å². The van der Waals surface area contributed by atoms with Crippen molar-refractivity contribution in [2.45, 2.75) is 40.2 Å². The number of hydrogen-bond donors (Lipinski definition) is 1. The number of rotatable bonds is 4. The molecule has 4 heteroatoms. The number of hydrogen-bond acceptors (Lipinski definition) is 3. The third-order valence-corrected chi connectivity index (χ3v) is 3.43. The van der Waals surface area contributed by atoms with Gasteiger partial charge < -0.3 is 9.84 Å². The highest BCUT2D eigenvalue weighted by Gasteiger charge is 2.12. The molecular formula is C16H20N2O2. The Morgan fingerprint density at radius 3 is 2.45 bits per heavy atom. The Labute approximate surface area is 119 Å². The fourth-order valence-corrected chi connectivity index (χ4v) is 2.26. The molecule has 1 unspecified atom stereocenters. The molecule has 1 aromatic carbocycles.